The minimum absolute atomic E-state index is 0.125. The summed E-state index contributed by atoms with van der Waals surface area (Å²) in [7, 11) is -1.75. The van der Waals surface area contributed by atoms with Crippen molar-refractivity contribution in [3.05, 3.63) is 45.1 Å². The standard InChI is InChI=1S/C26H33ClN4O4S2/c1-34-21-8-7-18(15-20(21)27)16-28-25-24-19-5-2-3-6-22(19)36-26(24)30-23(29-25)17-37(32,33)14-4-9-31-10-12-35-13-11-31/h7-8,15H,2-6,9-14,16-17H2,1H3,(H,28,29,30). The molecule has 1 N–H and O–H groups in total. The number of aryl methyl sites for hydroxylation is 2. The third-order valence-corrected chi connectivity index (χ3v) is 10.0. The lowest BCUT2D eigenvalue weighted by Gasteiger charge is -2.26. The first kappa shape index (κ1) is 26.6. The molecule has 0 amide bonds. The summed E-state index contributed by atoms with van der Waals surface area (Å²) in [6.45, 7) is 4.41. The normalized spacial score (nSPS) is 16.6. The van der Waals surface area contributed by atoms with Gasteiger partial charge >= 0.3 is 0 Å². The number of aromatic nitrogens is 2. The molecule has 11 heteroatoms. The van der Waals surface area contributed by atoms with Crippen molar-refractivity contribution >= 4 is 48.8 Å². The van der Waals surface area contributed by atoms with E-state index in [4.69, 9.17) is 31.0 Å². The summed E-state index contributed by atoms with van der Waals surface area (Å²) < 4.78 is 36.6. The molecule has 200 valence electrons. The molecule has 0 saturated carbocycles. The van der Waals surface area contributed by atoms with E-state index in [0.717, 1.165) is 54.7 Å². The largest absolute Gasteiger partial charge is 0.495 e. The van der Waals surface area contributed by atoms with Crippen LogP contribution < -0.4 is 10.1 Å². The van der Waals surface area contributed by atoms with Crippen LogP contribution in [-0.4, -0.2) is 69.0 Å². The van der Waals surface area contributed by atoms with Crippen LogP contribution in [0.25, 0.3) is 10.2 Å². The molecule has 8 nitrogen and oxygen atoms in total. The average Bonchev–Trinajstić information content (AvgIpc) is 3.26. The molecule has 3 aromatic rings. The zero-order chi connectivity index (χ0) is 25.8. The molecule has 1 aliphatic carbocycles. The molecule has 2 aromatic heterocycles. The van der Waals surface area contributed by atoms with E-state index < -0.39 is 9.84 Å². The minimum atomic E-state index is -3.34. The number of hydrogen-bond acceptors (Lipinski definition) is 9. The molecule has 0 unspecified atom stereocenters. The van der Waals surface area contributed by atoms with Crippen LogP contribution in [0.4, 0.5) is 5.82 Å². The van der Waals surface area contributed by atoms with Crippen LogP contribution in [0, 0.1) is 0 Å². The second-order valence-electron chi connectivity index (χ2n) is 9.60. The molecule has 1 fully saturated rings. The highest BCUT2D eigenvalue weighted by Gasteiger charge is 2.23. The van der Waals surface area contributed by atoms with E-state index in [-0.39, 0.29) is 11.5 Å². The van der Waals surface area contributed by atoms with Gasteiger partial charge in [0.2, 0.25) is 0 Å². The predicted octanol–water partition coefficient (Wildman–Crippen LogP) is 4.48. The van der Waals surface area contributed by atoms with Crippen LogP contribution in [0.2, 0.25) is 5.02 Å². The van der Waals surface area contributed by atoms with Crippen molar-refractivity contribution < 1.29 is 17.9 Å². The maximum Gasteiger partial charge on any atom is 0.157 e. The number of rotatable bonds is 10. The molecule has 0 spiro atoms. The van der Waals surface area contributed by atoms with Crippen LogP contribution in [0.1, 0.15) is 41.1 Å². The van der Waals surface area contributed by atoms with Gasteiger partial charge in [0.05, 0.1) is 36.5 Å². The zero-order valence-electron chi connectivity index (χ0n) is 21.1. The van der Waals surface area contributed by atoms with Gasteiger partial charge in [0.25, 0.3) is 0 Å². The van der Waals surface area contributed by atoms with Crippen molar-refractivity contribution in [2.75, 3.05) is 51.0 Å². The number of methoxy groups -OCH3 is 1. The first-order chi connectivity index (χ1) is 17.9. The van der Waals surface area contributed by atoms with Crippen molar-refractivity contribution in [3.8, 4) is 5.75 Å². The molecule has 0 bridgehead atoms. The number of fused-ring (bicyclic) bond motifs is 3. The van der Waals surface area contributed by atoms with Gasteiger partial charge < -0.3 is 14.8 Å². The lowest BCUT2D eigenvalue weighted by atomic mass is 9.97. The lowest BCUT2D eigenvalue weighted by molar-refractivity contribution is 0.0381. The summed E-state index contributed by atoms with van der Waals surface area (Å²) in [5.74, 6) is 1.66. The highest BCUT2D eigenvalue weighted by atomic mass is 35.5. The van der Waals surface area contributed by atoms with Gasteiger partial charge in [-0.15, -0.1) is 11.3 Å². The van der Waals surface area contributed by atoms with Gasteiger partial charge in [-0.2, -0.15) is 0 Å². The van der Waals surface area contributed by atoms with Gasteiger partial charge in [0, 0.05) is 24.5 Å². The Bertz CT molecular complexity index is 1360. The third-order valence-electron chi connectivity index (χ3n) is 6.92. The highest BCUT2D eigenvalue weighted by molar-refractivity contribution is 7.90. The van der Waals surface area contributed by atoms with E-state index >= 15 is 0 Å². The highest BCUT2D eigenvalue weighted by Crippen LogP contribution is 2.39. The van der Waals surface area contributed by atoms with Crippen molar-refractivity contribution in [3.63, 3.8) is 0 Å². The summed E-state index contributed by atoms with van der Waals surface area (Å²) in [5, 5.41) is 5.04. The predicted molar refractivity (Wildman–Crippen MR) is 149 cm³/mol. The van der Waals surface area contributed by atoms with Crippen molar-refractivity contribution in [2.24, 2.45) is 0 Å². The summed E-state index contributed by atoms with van der Waals surface area (Å²) in [4.78, 5) is 14.0. The number of thiophene rings is 1. The van der Waals surface area contributed by atoms with Crippen molar-refractivity contribution in [1.29, 1.82) is 0 Å². The monoisotopic (exact) mass is 564 g/mol. The molecule has 1 aliphatic heterocycles. The molecule has 5 rings (SSSR count). The van der Waals surface area contributed by atoms with Gasteiger partial charge in [0.15, 0.2) is 9.84 Å². The average molecular weight is 565 g/mol. The number of sulfone groups is 1. The topological polar surface area (TPSA) is 93.6 Å². The third kappa shape index (κ3) is 6.54. The number of nitrogens with zero attached hydrogens (tertiary/aromatic N) is 3. The maximum atomic E-state index is 13.0. The van der Waals surface area contributed by atoms with Gasteiger partial charge in [-0.05, 0) is 61.9 Å². The summed E-state index contributed by atoms with van der Waals surface area (Å²) in [6, 6.07) is 5.67. The number of morpholine rings is 1. The Labute approximate surface area is 227 Å². The van der Waals surface area contributed by atoms with Crippen molar-refractivity contribution in [2.45, 2.75) is 44.4 Å². The van der Waals surface area contributed by atoms with Gasteiger partial charge in [-0.25, -0.2) is 18.4 Å². The van der Waals surface area contributed by atoms with Gasteiger partial charge in [-0.3, -0.25) is 4.90 Å². The Hall–Kier alpha value is -1.98. The first-order valence-electron chi connectivity index (χ1n) is 12.8. The van der Waals surface area contributed by atoms with Crippen LogP contribution in [0.3, 0.4) is 0 Å². The van der Waals surface area contributed by atoms with E-state index in [1.165, 1.54) is 16.9 Å². The number of halogens is 1. The van der Waals surface area contributed by atoms with Crippen LogP contribution in [0.15, 0.2) is 18.2 Å². The molecule has 2 aliphatic rings. The summed E-state index contributed by atoms with van der Waals surface area (Å²) in [6.07, 6.45) is 4.96. The molecular formula is C26H33ClN4O4S2. The quantitative estimate of drug-likeness (QED) is 0.385. The SMILES string of the molecule is COc1ccc(CNc2nc(CS(=O)(=O)CCCN3CCOCC3)nc3sc4c(c23)CCCC4)cc1Cl. The van der Waals surface area contributed by atoms with E-state index in [1.54, 1.807) is 18.4 Å². The van der Waals surface area contributed by atoms with Crippen LogP contribution in [-0.2, 0) is 39.7 Å². The Kier molecular flexibility index (Phi) is 8.50. The molecule has 0 atom stereocenters. The molecule has 1 aromatic carbocycles. The van der Waals surface area contributed by atoms with Crippen LogP contribution >= 0.6 is 22.9 Å². The lowest BCUT2D eigenvalue weighted by Crippen LogP contribution is -2.37. The smallest absolute Gasteiger partial charge is 0.157 e. The van der Waals surface area contributed by atoms with E-state index in [0.29, 0.717) is 48.6 Å². The second kappa shape index (κ2) is 11.8. The van der Waals surface area contributed by atoms with Crippen LogP contribution in [0.5, 0.6) is 5.75 Å². The number of nitrogens with one attached hydrogen (secondary N) is 1. The molecule has 1 saturated heterocycles. The molecule has 0 radical (unpaired) electrons. The first-order valence-corrected chi connectivity index (χ1v) is 15.8. The minimum Gasteiger partial charge on any atom is -0.495 e. The van der Waals surface area contributed by atoms with E-state index in [2.05, 4.69) is 10.2 Å². The number of hydrogen-bond donors (Lipinski definition) is 1. The van der Waals surface area contributed by atoms with Crippen molar-refractivity contribution in [1.82, 2.24) is 14.9 Å². The summed E-state index contributed by atoms with van der Waals surface area (Å²) in [5.41, 5.74) is 2.29. The maximum absolute atomic E-state index is 13.0. The molecular weight excluding hydrogens is 532 g/mol. The van der Waals surface area contributed by atoms with Gasteiger partial charge in [0.1, 0.15) is 28.0 Å². The number of ether oxygens (including phenoxy) is 2. The molecule has 3 heterocycles. The fraction of sp³-hybridized carbons (Fsp3) is 0.538. The van der Waals surface area contributed by atoms with E-state index in [9.17, 15) is 8.42 Å². The fourth-order valence-corrected chi connectivity index (χ4v) is 7.80. The Morgan fingerprint density at radius 2 is 2.00 bits per heavy atom. The zero-order valence-corrected chi connectivity index (χ0v) is 23.5. The fourth-order valence-electron chi connectivity index (χ4n) is 5.00. The number of anilines is 1. The Morgan fingerprint density at radius 3 is 2.78 bits per heavy atom. The Balaban J connectivity index is 1.35. The van der Waals surface area contributed by atoms with Gasteiger partial charge in [-0.1, -0.05) is 17.7 Å². The second-order valence-corrected chi connectivity index (χ2v) is 13.3. The Morgan fingerprint density at radius 1 is 1.19 bits per heavy atom. The number of benzene rings is 1. The molecule has 37 heavy (non-hydrogen) atoms. The van der Waals surface area contributed by atoms with E-state index in [1.807, 2.05) is 18.2 Å². The summed E-state index contributed by atoms with van der Waals surface area (Å²) >= 11 is 8.00.